The van der Waals surface area contributed by atoms with Crippen molar-refractivity contribution >= 4 is 17.3 Å². The third kappa shape index (κ3) is 3.59. The van der Waals surface area contributed by atoms with Gasteiger partial charge in [0.1, 0.15) is 11.5 Å². The first kappa shape index (κ1) is 19.5. The van der Waals surface area contributed by atoms with Crippen molar-refractivity contribution < 1.29 is 14.1 Å². The van der Waals surface area contributed by atoms with Crippen LogP contribution in [-0.2, 0) is 0 Å². The van der Waals surface area contributed by atoms with Crippen LogP contribution in [0.1, 0.15) is 16.2 Å². The smallest absolute Gasteiger partial charge is 0.292 e. The molecule has 1 fully saturated rings. The fraction of sp³-hybridized carbons (Fsp3) is 0.250. The molecule has 1 saturated heterocycles. The van der Waals surface area contributed by atoms with Gasteiger partial charge in [-0.3, -0.25) is 14.9 Å². The molecule has 0 N–H and O–H groups in total. The van der Waals surface area contributed by atoms with Crippen LogP contribution in [0.2, 0.25) is 0 Å². The minimum Gasteiger partial charge on any atom is -0.362 e. The molecule has 0 saturated carbocycles. The summed E-state index contributed by atoms with van der Waals surface area (Å²) in [5.41, 5.74) is 2.01. The average Bonchev–Trinajstić information content (AvgIpc) is 3.15. The molecule has 0 atom stereocenters. The van der Waals surface area contributed by atoms with E-state index < -0.39 is 4.92 Å². The molecule has 1 amide bonds. The van der Waals surface area contributed by atoms with E-state index in [1.807, 2.05) is 4.90 Å². The molecule has 1 aromatic heterocycles. The number of hydrogen-bond donors (Lipinski definition) is 0. The van der Waals surface area contributed by atoms with Gasteiger partial charge in [0.05, 0.1) is 16.3 Å². The summed E-state index contributed by atoms with van der Waals surface area (Å²) in [5, 5.41) is 19.3. The van der Waals surface area contributed by atoms with E-state index in [-0.39, 0.29) is 23.1 Å². The Balaban J connectivity index is 1.48. The summed E-state index contributed by atoms with van der Waals surface area (Å²) in [6.07, 6.45) is 0. The first-order valence-electron chi connectivity index (χ1n) is 9.41. The Hall–Kier alpha value is -3.82. The molecule has 0 aliphatic carbocycles. The normalized spacial score (nSPS) is 14.1. The number of nitro groups is 1. The number of amides is 1. The Kier molecular flexibility index (Phi) is 5.13. The third-order valence-corrected chi connectivity index (χ3v) is 5.15. The molecule has 154 valence electrons. The zero-order valence-corrected chi connectivity index (χ0v) is 16.2. The van der Waals surface area contributed by atoms with Crippen molar-refractivity contribution in [2.45, 2.75) is 6.92 Å². The predicted octanol–water partition coefficient (Wildman–Crippen LogP) is 2.59. The number of halogens is 1. The number of nitrogens with zero attached hydrogens (tertiary/aromatic N) is 6. The van der Waals surface area contributed by atoms with E-state index in [4.69, 9.17) is 0 Å². The maximum Gasteiger partial charge on any atom is 0.292 e. The summed E-state index contributed by atoms with van der Waals surface area (Å²) in [6.45, 7) is 3.51. The van der Waals surface area contributed by atoms with E-state index in [1.165, 1.54) is 22.9 Å². The Bertz CT molecular complexity index is 1090. The second-order valence-corrected chi connectivity index (χ2v) is 6.94. The Morgan fingerprint density at radius 1 is 1.07 bits per heavy atom. The second kappa shape index (κ2) is 7.90. The van der Waals surface area contributed by atoms with Crippen LogP contribution >= 0.6 is 0 Å². The molecule has 1 aliphatic heterocycles. The second-order valence-electron chi connectivity index (χ2n) is 6.94. The highest BCUT2D eigenvalue weighted by Gasteiger charge is 2.28. The van der Waals surface area contributed by atoms with Gasteiger partial charge < -0.3 is 9.80 Å². The molecule has 9 nitrogen and oxygen atoms in total. The fourth-order valence-electron chi connectivity index (χ4n) is 3.54. The highest BCUT2D eigenvalue weighted by Crippen LogP contribution is 2.28. The number of aromatic nitrogens is 3. The molecular weight excluding hydrogens is 391 g/mol. The summed E-state index contributed by atoms with van der Waals surface area (Å²) in [4.78, 5) is 27.4. The van der Waals surface area contributed by atoms with Gasteiger partial charge in [-0.25, -0.2) is 9.07 Å². The number of para-hydroxylation sites is 2. The standard InChI is InChI=1S/C20H19FN6O3/c1-14-19(22-23-26(14)16-8-6-15(21)7-9-16)20(28)25-12-10-24(11-13-25)17-4-2-3-5-18(17)27(29)30/h2-9H,10-13H2,1H3. The molecular formula is C20H19FN6O3. The van der Waals surface area contributed by atoms with Gasteiger partial charge in [0, 0.05) is 32.2 Å². The fourth-order valence-corrected chi connectivity index (χ4v) is 3.54. The van der Waals surface area contributed by atoms with Crippen molar-refractivity contribution in [3.63, 3.8) is 0 Å². The van der Waals surface area contributed by atoms with E-state index in [1.54, 1.807) is 42.2 Å². The van der Waals surface area contributed by atoms with E-state index in [2.05, 4.69) is 10.3 Å². The van der Waals surface area contributed by atoms with Crippen LogP contribution in [0.4, 0.5) is 15.8 Å². The van der Waals surface area contributed by atoms with E-state index >= 15 is 0 Å². The number of benzene rings is 2. The van der Waals surface area contributed by atoms with Crippen LogP contribution < -0.4 is 4.90 Å². The number of piperazine rings is 1. The van der Waals surface area contributed by atoms with Crippen LogP contribution in [0, 0.1) is 22.9 Å². The maximum atomic E-state index is 13.2. The Morgan fingerprint density at radius 3 is 2.40 bits per heavy atom. The van der Waals surface area contributed by atoms with Crippen LogP contribution in [-0.4, -0.2) is 56.9 Å². The quantitative estimate of drug-likeness (QED) is 0.484. The Morgan fingerprint density at radius 2 is 1.73 bits per heavy atom. The van der Waals surface area contributed by atoms with Crippen LogP contribution in [0.5, 0.6) is 0 Å². The number of carbonyl (C=O) groups is 1. The van der Waals surface area contributed by atoms with Crippen molar-refractivity contribution in [3.05, 3.63) is 75.9 Å². The molecule has 1 aliphatic rings. The lowest BCUT2D eigenvalue weighted by atomic mass is 10.2. The van der Waals surface area contributed by atoms with Crippen molar-refractivity contribution in [1.82, 2.24) is 19.9 Å². The van der Waals surface area contributed by atoms with Gasteiger partial charge in [-0.1, -0.05) is 17.3 Å². The van der Waals surface area contributed by atoms with Gasteiger partial charge in [-0.15, -0.1) is 5.10 Å². The summed E-state index contributed by atoms with van der Waals surface area (Å²) in [7, 11) is 0. The number of rotatable bonds is 4. The molecule has 4 rings (SSSR count). The van der Waals surface area contributed by atoms with E-state index in [9.17, 15) is 19.3 Å². The molecule has 0 unspecified atom stereocenters. The number of anilines is 1. The summed E-state index contributed by atoms with van der Waals surface area (Å²) in [5.74, 6) is -0.604. The number of nitro benzene ring substituents is 1. The molecule has 0 bridgehead atoms. The lowest BCUT2D eigenvalue weighted by Crippen LogP contribution is -2.49. The molecule has 2 aromatic carbocycles. The number of hydrogen-bond acceptors (Lipinski definition) is 6. The van der Waals surface area contributed by atoms with Crippen LogP contribution in [0.25, 0.3) is 5.69 Å². The first-order valence-corrected chi connectivity index (χ1v) is 9.41. The summed E-state index contributed by atoms with van der Waals surface area (Å²) in [6, 6.07) is 12.4. The van der Waals surface area contributed by atoms with Crippen molar-refractivity contribution in [2.75, 3.05) is 31.1 Å². The summed E-state index contributed by atoms with van der Waals surface area (Å²) < 4.78 is 14.7. The summed E-state index contributed by atoms with van der Waals surface area (Å²) >= 11 is 0. The molecule has 30 heavy (non-hydrogen) atoms. The Labute approximate surface area is 171 Å². The maximum absolute atomic E-state index is 13.2. The lowest BCUT2D eigenvalue weighted by molar-refractivity contribution is -0.384. The highest BCUT2D eigenvalue weighted by atomic mass is 19.1. The van der Waals surface area contributed by atoms with Crippen LogP contribution in [0.3, 0.4) is 0 Å². The van der Waals surface area contributed by atoms with Gasteiger partial charge in [-0.05, 0) is 37.3 Å². The average molecular weight is 410 g/mol. The van der Waals surface area contributed by atoms with Crippen LogP contribution in [0.15, 0.2) is 48.5 Å². The monoisotopic (exact) mass is 410 g/mol. The third-order valence-electron chi connectivity index (χ3n) is 5.15. The highest BCUT2D eigenvalue weighted by molar-refractivity contribution is 5.93. The lowest BCUT2D eigenvalue weighted by Gasteiger charge is -2.35. The zero-order valence-electron chi connectivity index (χ0n) is 16.2. The molecule has 0 radical (unpaired) electrons. The van der Waals surface area contributed by atoms with E-state index in [0.717, 1.165) is 0 Å². The topological polar surface area (TPSA) is 97.4 Å². The largest absolute Gasteiger partial charge is 0.362 e. The van der Waals surface area contributed by atoms with Gasteiger partial charge in [0.15, 0.2) is 5.69 Å². The zero-order chi connectivity index (χ0) is 21.3. The van der Waals surface area contributed by atoms with E-state index in [0.29, 0.717) is 43.2 Å². The van der Waals surface area contributed by atoms with Gasteiger partial charge in [-0.2, -0.15) is 0 Å². The van der Waals surface area contributed by atoms with Gasteiger partial charge in [0.25, 0.3) is 11.6 Å². The molecule has 3 aromatic rings. The van der Waals surface area contributed by atoms with Crippen molar-refractivity contribution in [2.24, 2.45) is 0 Å². The minimum atomic E-state index is -0.399. The number of carbonyl (C=O) groups excluding carboxylic acids is 1. The molecule has 0 spiro atoms. The molecule has 10 heteroatoms. The van der Waals surface area contributed by atoms with Crippen molar-refractivity contribution in [3.8, 4) is 5.69 Å². The van der Waals surface area contributed by atoms with Crippen molar-refractivity contribution in [1.29, 1.82) is 0 Å². The molecule has 2 heterocycles. The first-order chi connectivity index (χ1) is 14.5. The SMILES string of the molecule is Cc1c(C(=O)N2CCN(c3ccccc3[N+](=O)[O-])CC2)nnn1-c1ccc(F)cc1. The van der Waals surface area contributed by atoms with Gasteiger partial charge >= 0.3 is 0 Å². The van der Waals surface area contributed by atoms with Gasteiger partial charge in [0.2, 0.25) is 0 Å². The minimum absolute atomic E-state index is 0.0513. The predicted molar refractivity (Wildman–Crippen MR) is 107 cm³/mol.